The Morgan fingerprint density at radius 2 is 1.51 bits per heavy atom. The van der Waals surface area contributed by atoms with E-state index in [1.165, 1.54) is 5.56 Å². The van der Waals surface area contributed by atoms with E-state index in [2.05, 4.69) is 27.3 Å². The molecular weight excluding hydrogens is 659 g/mol. The van der Waals surface area contributed by atoms with Crippen molar-refractivity contribution in [1.29, 1.82) is 0 Å². The van der Waals surface area contributed by atoms with E-state index in [4.69, 9.17) is 37.9 Å². The summed E-state index contributed by atoms with van der Waals surface area (Å²) in [5.74, 6) is 0.757. The minimum atomic E-state index is 0.105. The third-order valence-electron chi connectivity index (χ3n) is 9.76. The monoisotopic (exact) mass is 698 g/mol. The molecule has 2 aromatic heterocycles. The molecule has 3 atom stereocenters. The molecule has 4 aromatic rings. The molecule has 49 heavy (non-hydrogen) atoms. The standard InChI is InChI=1S/C38H40Cl2N6O3/c1-49-38-23(18-41-20-25-12-15-33(47)44-25)11-14-31(46-38)30-9-4-8-29(36(30)40)28-7-3-6-27(35(28)39)24-17-22-5-2-10-32(37(22)43-19-24)42-21-26-13-16-34(48)45-26/h3-4,6-9,11,14,17,19,25-26,32,41-42H,2,5,10,12-13,15-16,18,20-21H2,1H3,(H,44,47)(H,45,48)/t25-,26-,32-/m0/s1. The predicted octanol–water partition coefficient (Wildman–Crippen LogP) is 6.41. The van der Waals surface area contributed by atoms with Crippen molar-refractivity contribution in [3.05, 3.63) is 87.7 Å². The molecule has 0 spiro atoms. The van der Waals surface area contributed by atoms with E-state index in [0.29, 0.717) is 47.6 Å². The number of benzene rings is 2. The van der Waals surface area contributed by atoms with Crippen LogP contribution in [0.1, 0.15) is 61.4 Å². The van der Waals surface area contributed by atoms with Crippen molar-refractivity contribution >= 4 is 35.0 Å². The van der Waals surface area contributed by atoms with Crippen LogP contribution in [0.5, 0.6) is 5.88 Å². The molecule has 0 unspecified atom stereocenters. The molecule has 7 rings (SSSR count). The van der Waals surface area contributed by atoms with Crippen molar-refractivity contribution in [2.45, 2.75) is 69.6 Å². The van der Waals surface area contributed by atoms with E-state index in [-0.39, 0.29) is 29.9 Å². The van der Waals surface area contributed by atoms with Crippen LogP contribution in [0.4, 0.5) is 0 Å². The van der Waals surface area contributed by atoms with Gasteiger partial charge in [0.2, 0.25) is 17.7 Å². The van der Waals surface area contributed by atoms with E-state index in [0.717, 1.165) is 77.7 Å². The van der Waals surface area contributed by atoms with Gasteiger partial charge < -0.3 is 26.0 Å². The second-order valence-electron chi connectivity index (χ2n) is 13.1. The van der Waals surface area contributed by atoms with Crippen molar-refractivity contribution in [3.8, 4) is 39.4 Å². The molecule has 0 bridgehead atoms. The minimum Gasteiger partial charge on any atom is -0.481 e. The highest BCUT2D eigenvalue weighted by Crippen LogP contribution is 2.43. The lowest BCUT2D eigenvalue weighted by Crippen LogP contribution is -2.38. The van der Waals surface area contributed by atoms with Gasteiger partial charge in [0.15, 0.2) is 0 Å². The van der Waals surface area contributed by atoms with Crippen LogP contribution >= 0.6 is 23.2 Å². The number of halogens is 2. The fourth-order valence-electron chi connectivity index (χ4n) is 7.17. The summed E-state index contributed by atoms with van der Waals surface area (Å²) in [5, 5.41) is 14.2. The van der Waals surface area contributed by atoms with Gasteiger partial charge in [-0.15, -0.1) is 0 Å². The summed E-state index contributed by atoms with van der Waals surface area (Å²) < 4.78 is 5.66. The molecule has 1 aliphatic carbocycles. The zero-order valence-electron chi connectivity index (χ0n) is 27.5. The van der Waals surface area contributed by atoms with Crippen molar-refractivity contribution in [1.82, 2.24) is 31.2 Å². The Kier molecular flexibility index (Phi) is 10.1. The molecule has 2 aliphatic heterocycles. The van der Waals surface area contributed by atoms with Gasteiger partial charge in [0.1, 0.15) is 0 Å². The highest BCUT2D eigenvalue weighted by atomic mass is 35.5. The highest BCUT2D eigenvalue weighted by molar-refractivity contribution is 6.39. The third-order valence-corrected chi connectivity index (χ3v) is 10.6. The number of nitrogens with zero attached hydrogens (tertiary/aromatic N) is 2. The van der Waals surface area contributed by atoms with Crippen molar-refractivity contribution in [2.75, 3.05) is 20.2 Å². The maximum absolute atomic E-state index is 11.6. The van der Waals surface area contributed by atoms with Crippen LogP contribution < -0.4 is 26.0 Å². The van der Waals surface area contributed by atoms with Crippen molar-refractivity contribution in [2.24, 2.45) is 0 Å². The number of aromatic nitrogens is 2. The average Bonchev–Trinajstić information content (AvgIpc) is 3.74. The lowest BCUT2D eigenvalue weighted by Gasteiger charge is -2.27. The summed E-state index contributed by atoms with van der Waals surface area (Å²) in [7, 11) is 1.61. The molecule has 4 heterocycles. The maximum Gasteiger partial charge on any atom is 0.220 e. The molecule has 254 valence electrons. The Morgan fingerprint density at radius 1 is 0.837 bits per heavy atom. The molecule has 11 heteroatoms. The molecule has 0 saturated carbocycles. The summed E-state index contributed by atoms with van der Waals surface area (Å²) in [6.45, 7) is 2.00. The number of methoxy groups -OCH3 is 1. The third kappa shape index (κ3) is 7.31. The number of aryl methyl sites for hydroxylation is 1. The maximum atomic E-state index is 11.6. The largest absolute Gasteiger partial charge is 0.481 e. The van der Waals surface area contributed by atoms with Gasteiger partial charge in [0.05, 0.1) is 28.5 Å². The molecule has 2 amide bonds. The summed E-state index contributed by atoms with van der Waals surface area (Å²) in [6, 6.07) is 18.5. The van der Waals surface area contributed by atoms with Crippen LogP contribution in [0.25, 0.3) is 33.5 Å². The number of rotatable bonds is 11. The molecule has 0 radical (unpaired) electrons. The van der Waals surface area contributed by atoms with E-state index in [1.54, 1.807) is 7.11 Å². The van der Waals surface area contributed by atoms with Crippen molar-refractivity contribution < 1.29 is 14.3 Å². The first-order chi connectivity index (χ1) is 23.9. The first-order valence-corrected chi connectivity index (χ1v) is 17.8. The Balaban J connectivity index is 1.10. The van der Waals surface area contributed by atoms with Gasteiger partial charge in [-0.1, -0.05) is 65.7 Å². The first-order valence-electron chi connectivity index (χ1n) is 17.0. The number of hydrogen-bond donors (Lipinski definition) is 4. The summed E-state index contributed by atoms with van der Waals surface area (Å²) in [5.41, 5.74) is 8.19. The average molecular weight is 700 g/mol. The number of hydrogen-bond acceptors (Lipinski definition) is 7. The SMILES string of the molecule is COc1nc(-c2cccc(-c3cccc(-c4cnc5c(c4)CCC[C@@H]5NC[C@@H]4CCC(=O)N4)c3Cl)c2Cl)ccc1CNC[C@@H]1CCC(=O)N1. The number of fused-ring (bicyclic) bond motifs is 1. The number of carbonyl (C=O) groups excluding carboxylic acids is 2. The van der Waals surface area contributed by atoms with E-state index >= 15 is 0 Å². The molecular formula is C38H40Cl2N6O3. The van der Waals surface area contributed by atoms with E-state index in [9.17, 15) is 9.59 Å². The highest BCUT2D eigenvalue weighted by Gasteiger charge is 2.26. The Hall–Kier alpha value is -4.02. The van der Waals surface area contributed by atoms with Gasteiger partial charge in [0, 0.05) is 90.2 Å². The zero-order valence-corrected chi connectivity index (χ0v) is 29.0. The van der Waals surface area contributed by atoms with E-state index in [1.807, 2.05) is 54.7 Å². The fourth-order valence-corrected chi connectivity index (χ4v) is 7.83. The van der Waals surface area contributed by atoms with Crippen LogP contribution in [-0.2, 0) is 22.6 Å². The van der Waals surface area contributed by atoms with Gasteiger partial charge in [-0.25, -0.2) is 4.98 Å². The Bertz CT molecular complexity index is 1880. The Morgan fingerprint density at radius 3 is 2.20 bits per heavy atom. The second kappa shape index (κ2) is 14.8. The van der Waals surface area contributed by atoms with Gasteiger partial charge in [-0.2, -0.15) is 0 Å². The van der Waals surface area contributed by atoms with Gasteiger partial charge in [-0.3, -0.25) is 14.6 Å². The number of pyridine rings is 2. The normalized spacial score (nSPS) is 20.2. The summed E-state index contributed by atoms with van der Waals surface area (Å²) in [4.78, 5) is 32.9. The summed E-state index contributed by atoms with van der Waals surface area (Å²) in [6.07, 6.45) is 7.86. The number of carbonyl (C=O) groups is 2. The van der Waals surface area contributed by atoms with Gasteiger partial charge >= 0.3 is 0 Å². The Labute approximate surface area is 296 Å². The molecule has 3 aliphatic rings. The topological polar surface area (TPSA) is 117 Å². The number of ether oxygens (including phenoxy) is 1. The zero-order chi connectivity index (χ0) is 33.9. The molecule has 2 fully saturated rings. The summed E-state index contributed by atoms with van der Waals surface area (Å²) >= 11 is 14.3. The molecule has 2 saturated heterocycles. The smallest absolute Gasteiger partial charge is 0.220 e. The fraction of sp³-hybridized carbons (Fsp3) is 0.368. The number of amides is 2. The minimum absolute atomic E-state index is 0.105. The lowest BCUT2D eigenvalue weighted by atomic mass is 9.89. The molecule has 9 nitrogen and oxygen atoms in total. The van der Waals surface area contributed by atoms with Crippen molar-refractivity contribution in [3.63, 3.8) is 0 Å². The van der Waals surface area contributed by atoms with Crippen LogP contribution in [0, 0.1) is 0 Å². The van der Waals surface area contributed by atoms with Gasteiger partial charge in [-0.05, 0) is 49.8 Å². The lowest BCUT2D eigenvalue weighted by molar-refractivity contribution is -0.120. The first kappa shape index (κ1) is 33.5. The van der Waals surface area contributed by atoms with Crippen LogP contribution in [0.15, 0.2) is 60.8 Å². The van der Waals surface area contributed by atoms with Gasteiger partial charge in [0.25, 0.3) is 0 Å². The number of nitrogens with one attached hydrogen (secondary N) is 4. The quantitative estimate of drug-likeness (QED) is 0.143. The molecule has 2 aromatic carbocycles. The van der Waals surface area contributed by atoms with E-state index < -0.39 is 0 Å². The van der Waals surface area contributed by atoms with Crippen LogP contribution in [0.2, 0.25) is 10.0 Å². The van der Waals surface area contributed by atoms with Crippen LogP contribution in [0.3, 0.4) is 0 Å². The predicted molar refractivity (Wildman–Crippen MR) is 193 cm³/mol. The second-order valence-corrected chi connectivity index (χ2v) is 13.8. The molecule has 4 N–H and O–H groups in total. The van der Waals surface area contributed by atoms with Crippen LogP contribution in [-0.4, -0.2) is 54.1 Å².